The van der Waals surface area contributed by atoms with E-state index in [1.165, 1.54) is 6.20 Å². The number of halogens is 1. The Morgan fingerprint density at radius 2 is 2.09 bits per heavy atom. The van der Waals surface area contributed by atoms with Crippen molar-refractivity contribution < 1.29 is 4.79 Å². The molecular formula is C16H19ClN4O. The Morgan fingerprint density at radius 3 is 2.73 bits per heavy atom. The number of rotatable bonds is 6. The predicted molar refractivity (Wildman–Crippen MR) is 89.4 cm³/mol. The average molecular weight is 319 g/mol. The maximum atomic E-state index is 12.1. The second-order valence-electron chi connectivity index (χ2n) is 5.36. The van der Waals surface area contributed by atoms with Crippen LogP contribution in [0, 0.1) is 5.92 Å². The maximum absolute atomic E-state index is 12.1. The highest BCUT2D eigenvalue weighted by molar-refractivity contribution is 6.30. The first-order valence-electron chi connectivity index (χ1n) is 7.17. The van der Waals surface area contributed by atoms with E-state index in [1.807, 2.05) is 0 Å². The molecule has 1 heterocycles. The Labute approximate surface area is 135 Å². The van der Waals surface area contributed by atoms with Gasteiger partial charge in [0.15, 0.2) is 0 Å². The third kappa shape index (κ3) is 5.00. The highest BCUT2D eigenvalue weighted by atomic mass is 35.5. The Bertz CT molecular complexity index is 628. The average Bonchev–Trinajstić information content (AvgIpc) is 2.47. The fourth-order valence-corrected chi connectivity index (χ4v) is 1.98. The van der Waals surface area contributed by atoms with Gasteiger partial charge in [0, 0.05) is 17.3 Å². The van der Waals surface area contributed by atoms with Crippen LogP contribution < -0.4 is 10.6 Å². The molecule has 1 amide bonds. The minimum atomic E-state index is -0.316. The molecule has 2 rings (SSSR count). The molecule has 0 atom stereocenters. The van der Waals surface area contributed by atoms with Crippen LogP contribution in [0.15, 0.2) is 36.7 Å². The van der Waals surface area contributed by atoms with Crippen molar-refractivity contribution in [3.05, 3.63) is 47.4 Å². The van der Waals surface area contributed by atoms with Gasteiger partial charge in [-0.2, -0.15) is 0 Å². The number of benzene rings is 1. The normalized spacial score (nSPS) is 10.5. The lowest BCUT2D eigenvalue weighted by Crippen LogP contribution is -2.14. The summed E-state index contributed by atoms with van der Waals surface area (Å²) in [5.74, 6) is 0.978. The standard InChI is InChI=1S/C16H19ClN4O/c1-11(2)6-7-18-15-10-19-14(9-20-15)16(22)21-13-5-3-4-12(17)8-13/h3-5,8-11H,6-7H2,1-2H3,(H,18,20)(H,21,22). The molecule has 2 aromatic rings. The molecule has 116 valence electrons. The monoisotopic (exact) mass is 318 g/mol. The van der Waals surface area contributed by atoms with Crippen LogP contribution in [0.25, 0.3) is 0 Å². The van der Waals surface area contributed by atoms with Crippen molar-refractivity contribution in [2.75, 3.05) is 17.2 Å². The van der Waals surface area contributed by atoms with Gasteiger partial charge in [-0.3, -0.25) is 4.79 Å². The van der Waals surface area contributed by atoms with E-state index in [2.05, 4.69) is 34.4 Å². The fourth-order valence-electron chi connectivity index (χ4n) is 1.79. The number of nitrogens with one attached hydrogen (secondary N) is 2. The molecule has 5 nitrogen and oxygen atoms in total. The van der Waals surface area contributed by atoms with Crippen molar-refractivity contribution in [3.8, 4) is 0 Å². The number of hydrogen-bond donors (Lipinski definition) is 2. The molecule has 0 aliphatic carbocycles. The second kappa shape index (κ2) is 7.75. The maximum Gasteiger partial charge on any atom is 0.275 e. The van der Waals surface area contributed by atoms with Gasteiger partial charge in [-0.15, -0.1) is 0 Å². The molecule has 0 bridgehead atoms. The molecule has 0 saturated heterocycles. The van der Waals surface area contributed by atoms with E-state index in [1.54, 1.807) is 30.5 Å². The first-order chi connectivity index (χ1) is 10.5. The lowest BCUT2D eigenvalue weighted by Gasteiger charge is -2.08. The summed E-state index contributed by atoms with van der Waals surface area (Å²) < 4.78 is 0. The Balaban J connectivity index is 1.93. The van der Waals surface area contributed by atoms with Gasteiger partial charge < -0.3 is 10.6 Å². The molecule has 6 heteroatoms. The van der Waals surface area contributed by atoms with E-state index in [0.717, 1.165) is 13.0 Å². The molecule has 2 N–H and O–H groups in total. The van der Waals surface area contributed by atoms with Crippen LogP contribution in [0.4, 0.5) is 11.5 Å². The zero-order valence-electron chi connectivity index (χ0n) is 12.6. The van der Waals surface area contributed by atoms with Crippen LogP contribution in [0.2, 0.25) is 5.02 Å². The molecule has 0 unspecified atom stereocenters. The predicted octanol–water partition coefficient (Wildman–Crippen LogP) is 3.84. The summed E-state index contributed by atoms with van der Waals surface area (Å²) in [5, 5.41) is 6.47. The number of hydrogen-bond acceptors (Lipinski definition) is 4. The topological polar surface area (TPSA) is 66.9 Å². The highest BCUT2D eigenvalue weighted by Crippen LogP contribution is 2.15. The molecule has 0 radical (unpaired) electrons. The van der Waals surface area contributed by atoms with Crippen molar-refractivity contribution >= 4 is 29.0 Å². The molecular weight excluding hydrogens is 300 g/mol. The minimum absolute atomic E-state index is 0.259. The van der Waals surface area contributed by atoms with Gasteiger partial charge in [-0.1, -0.05) is 31.5 Å². The van der Waals surface area contributed by atoms with E-state index in [9.17, 15) is 4.79 Å². The van der Waals surface area contributed by atoms with Crippen LogP contribution in [-0.4, -0.2) is 22.4 Å². The first kappa shape index (κ1) is 16.2. The van der Waals surface area contributed by atoms with Gasteiger partial charge in [0.2, 0.25) is 0 Å². The summed E-state index contributed by atoms with van der Waals surface area (Å²) in [6.07, 6.45) is 4.07. The molecule has 0 spiro atoms. The largest absolute Gasteiger partial charge is 0.369 e. The molecule has 0 aliphatic rings. The zero-order chi connectivity index (χ0) is 15.9. The van der Waals surface area contributed by atoms with E-state index < -0.39 is 0 Å². The summed E-state index contributed by atoms with van der Waals surface area (Å²) in [4.78, 5) is 20.4. The summed E-state index contributed by atoms with van der Waals surface area (Å²) in [6.45, 7) is 5.16. The summed E-state index contributed by atoms with van der Waals surface area (Å²) >= 11 is 5.88. The lowest BCUT2D eigenvalue weighted by molar-refractivity contribution is 0.102. The van der Waals surface area contributed by atoms with E-state index in [0.29, 0.717) is 22.4 Å². The molecule has 0 fully saturated rings. The van der Waals surface area contributed by atoms with Crippen LogP contribution in [0.1, 0.15) is 30.8 Å². The van der Waals surface area contributed by atoms with Crippen LogP contribution in [0.5, 0.6) is 0 Å². The van der Waals surface area contributed by atoms with E-state index in [4.69, 9.17) is 11.6 Å². The smallest absolute Gasteiger partial charge is 0.275 e. The van der Waals surface area contributed by atoms with Gasteiger partial charge in [0.05, 0.1) is 12.4 Å². The number of nitrogens with zero attached hydrogens (tertiary/aromatic N) is 2. The van der Waals surface area contributed by atoms with Crippen molar-refractivity contribution in [2.24, 2.45) is 5.92 Å². The SMILES string of the molecule is CC(C)CCNc1cnc(C(=O)Nc2cccc(Cl)c2)cn1. The zero-order valence-corrected chi connectivity index (χ0v) is 13.4. The number of amides is 1. The molecule has 22 heavy (non-hydrogen) atoms. The fraction of sp³-hybridized carbons (Fsp3) is 0.312. The van der Waals surface area contributed by atoms with Crippen LogP contribution >= 0.6 is 11.6 Å². The minimum Gasteiger partial charge on any atom is -0.369 e. The molecule has 0 saturated carbocycles. The van der Waals surface area contributed by atoms with Crippen LogP contribution in [-0.2, 0) is 0 Å². The van der Waals surface area contributed by atoms with Gasteiger partial charge >= 0.3 is 0 Å². The van der Waals surface area contributed by atoms with Gasteiger partial charge in [0.1, 0.15) is 11.5 Å². The van der Waals surface area contributed by atoms with Crippen molar-refractivity contribution in [1.82, 2.24) is 9.97 Å². The van der Waals surface area contributed by atoms with Crippen LogP contribution in [0.3, 0.4) is 0 Å². The highest BCUT2D eigenvalue weighted by Gasteiger charge is 2.08. The quantitative estimate of drug-likeness (QED) is 0.849. The van der Waals surface area contributed by atoms with Crippen molar-refractivity contribution in [3.63, 3.8) is 0 Å². The Kier molecular flexibility index (Phi) is 5.72. The Morgan fingerprint density at radius 1 is 1.27 bits per heavy atom. The molecule has 1 aromatic carbocycles. The van der Waals surface area contributed by atoms with Crippen molar-refractivity contribution in [2.45, 2.75) is 20.3 Å². The first-order valence-corrected chi connectivity index (χ1v) is 7.55. The molecule has 0 aliphatic heterocycles. The number of carbonyl (C=O) groups is 1. The number of anilines is 2. The molecule has 1 aromatic heterocycles. The summed E-state index contributed by atoms with van der Waals surface area (Å²) in [5.41, 5.74) is 0.882. The number of carbonyl (C=O) groups excluding carboxylic acids is 1. The lowest BCUT2D eigenvalue weighted by atomic mass is 10.1. The van der Waals surface area contributed by atoms with E-state index >= 15 is 0 Å². The van der Waals surface area contributed by atoms with Gasteiger partial charge in [0.25, 0.3) is 5.91 Å². The van der Waals surface area contributed by atoms with E-state index in [-0.39, 0.29) is 11.6 Å². The summed E-state index contributed by atoms with van der Waals surface area (Å²) in [7, 11) is 0. The number of aromatic nitrogens is 2. The Hall–Kier alpha value is -2.14. The van der Waals surface area contributed by atoms with Gasteiger partial charge in [-0.25, -0.2) is 9.97 Å². The second-order valence-corrected chi connectivity index (χ2v) is 5.80. The third-order valence-electron chi connectivity index (χ3n) is 2.99. The van der Waals surface area contributed by atoms with Crippen molar-refractivity contribution in [1.29, 1.82) is 0 Å². The van der Waals surface area contributed by atoms with Gasteiger partial charge in [-0.05, 0) is 30.5 Å². The summed E-state index contributed by atoms with van der Waals surface area (Å²) in [6, 6.07) is 6.95. The third-order valence-corrected chi connectivity index (χ3v) is 3.23.